The number of amides is 4. The van der Waals surface area contributed by atoms with Crippen LogP contribution in [0, 0.1) is 0 Å². The summed E-state index contributed by atoms with van der Waals surface area (Å²) in [5.41, 5.74) is 1.08. The van der Waals surface area contributed by atoms with Crippen molar-refractivity contribution in [2.24, 2.45) is 0 Å². The van der Waals surface area contributed by atoms with Crippen molar-refractivity contribution in [3.8, 4) is 0 Å². The highest BCUT2D eigenvalue weighted by molar-refractivity contribution is 6.34. The molecule has 6 nitrogen and oxygen atoms in total. The van der Waals surface area contributed by atoms with Gasteiger partial charge in [-0.15, -0.1) is 0 Å². The fourth-order valence-corrected chi connectivity index (χ4v) is 3.17. The molecule has 2 heterocycles. The maximum Gasteiger partial charge on any atom is 0.260 e. The smallest absolute Gasteiger partial charge is 0.260 e. The van der Waals surface area contributed by atoms with Gasteiger partial charge in [-0.05, 0) is 18.1 Å². The quantitative estimate of drug-likeness (QED) is 0.560. The van der Waals surface area contributed by atoms with Crippen molar-refractivity contribution >= 4 is 39.9 Å². The van der Waals surface area contributed by atoms with Crippen molar-refractivity contribution in [3.05, 3.63) is 35.4 Å². The van der Waals surface area contributed by atoms with Crippen molar-refractivity contribution in [3.63, 3.8) is 0 Å². The van der Waals surface area contributed by atoms with E-state index in [1.165, 1.54) is 0 Å². The molecule has 1 atom stereocenters. The lowest BCUT2D eigenvalue weighted by molar-refractivity contribution is -0.145. The normalized spacial score (nSPS) is 25.6. The van der Waals surface area contributed by atoms with E-state index >= 15 is 0 Å². The Balaban J connectivity index is 2.03. The average Bonchev–Trinajstić information content (AvgIpc) is 2.44. The molecule has 4 amide bonds. The van der Waals surface area contributed by atoms with Gasteiger partial charge in [0.2, 0.25) is 17.7 Å². The molecule has 2 radical (unpaired) electrons. The van der Waals surface area contributed by atoms with Crippen LogP contribution in [0.15, 0.2) is 24.3 Å². The number of piperidine rings is 1. The molecule has 7 heteroatoms. The fourth-order valence-electron chi connectivity index (χ4n) is 2.69. The Morgan fingerprint density at radius 2 is 1.86 bits per heavy atom. The molecule has 0 bridgehead atoms. The highest BCUT2D eigenvalue weighted by atomic mass is 27.0. The second kappa shape index (κ2) is 4.79. The Morgan fingerprint density at radius 3 is 2.57 bits per heavy atom. The summed E-state index contributed by atoms with van der Waals surface area (Å²) in [7, 11) is 0. The Morgan fingerprint density at radius 1 is 1.14 bits per heavy atom. The van der Waals surface area contributed by atoms with Gasteiger partial charge in [-0.3, -0.25) is 29.4 Å². The van der Waals surface area contributed by atoms with Gasteiger partial charge < -0.3 is 0 Å². The molecule has 0 saturated carbocycles. The summed E-state index contributed by atoms with van der Waals surface area (Å²) in [6.07, 6.45) is 0.273. The van der Waals surface area contributed by atoms with E-state index < -0.39 is 28.0 Å². The topological polar surface area (TPSA) is 83.6 Å². The second-order valence-electron chi connectivity index (χ2n) is 5.17. The van der Waals surface area contributed by atoms with Crippen LogP contribution in [0.1, 0.15) is 28.8 Å². The first-order valence-electron chi connectivity index (χ1n) is 6.52. The van der Waals surface area contributed by atoms with E-state index in [1.807, 2.05) is 0 Å². The third-order valence-corrected chi connectivity index (χ3v) is 4.63. The average molecular weight is 298 g/mol. The summed E-state index contributed by atoms with van der Waals surface area (Å²) in [5.74, 6) is -1.96. The van der Waals surface area contributed by atoms with E-state index in [0.29, 0.717) is 11.1 Å². The van der Waals surface area contributed by atoms with Crippen LogP contribution in [-0.4, -0.2) is 49.2 Å². The first kappa shape index (κ1) is 14.0. The molecule has 1 N–H and O–H groups in total. The zero-order valence-electron chi connectivity index (χ0n) is 11.1. The van der Waals surface area contributed by atoms with Gasteiger partial charge in [0.05, 0.1) is 10.8 Å². The molecule has 1 saturated heterocycles. The Labute approximate surface area is 128 Å². The largest absolute Gasteiger partial charge is 0.296 e. The minimum absolute atomic E-state index is 0.0687. The Bertz CT molecular complexity index is 687. The van der Waals surface area contributed by atoms with Crippen LogP contribution in [0.3, 0.4) is 0 Å². The number of imide groups is 2. The molecule has 2 aliphatic heterocycles. The zero-order valence-corrected chi connectivity index (χ0v) is 12.2. The third-order valence-electron chi connectivity index (χ3n) is 3.82. The molecule has 0 unspecified atom stereocenters. The van der Waals surface area contributed by atoms with Crippen LogP contribution in [0.5, 0.6) is 0 Å². The van der Waals surface area contributed by atoms with Gasteiger partial charge in [-0.2, -0.15) is 0 Å². The molecule has 1 aromatic rings. The maximum absolute atomic E-state index is 12.6. The highest BCUT2D eigenvalue weighted by Crippen LogP contribution is 2.29. The molecule has 104 valence electrons. The molecule has 0 aromatic heterocycles. The summed E-state index contributed by atoms with van der Waals surface area (Å²) in [5, 5.41) is 2.19. The van der Waals surface area contributed by atoms with Crippen molar-refractivity contribution in [1.82, 2.24) is 10.2 Å². The first-order chi connectivity index (χ1) is 9.93. The van der Waals surface area contributed by atoms with Gasteiger partial charge >= 0.3 is 0 Å². The van der Waals surface area contributed by atoms with Gasteiger partial charge in [-0.25, -0.2) is 0 Å². The second-order valence-corrected chi connectivity index (χ2v) is 6.12. The lowest BCUT2D eigenvalue weighted by Crippen LogP contribution is -2.67. The highest BCUT2D eigenvalue weighted by Gasteiger charge is 2.48. The van der Waals surface area contributed by atoms with E-state index in [9.17, 15) is 19.2 Å². The molecule has 0 aliphatic carbocycles. The summed E-state index contributed by atoms with van der Waals surface area (Å²) in [4.78, 5) is 49.3. The van der Waals surface area contributed by atoms with Crippen molar-refractivity contribution in [1.29, 1.82) is 0 Å². The van der Waals surface area contributed by atoms with Crippen LogP contribution in [0.25, 0.3) is 0 Å². The predicted octanol–water partition coefficient (Wildman–Crippen LogP) is -0.487. The van der Waals surface area contributed by atoms with Gasteiger partial charge in [0.15, 0.2) is 16.3 Å². The summed E-state index contributed by atoms with van der Waals surface area (Å²) in [6, 6.07) is 6.83. The minimum Gasteiger partial charge on any atom is -0.296 e. The van der Waals surface area contributed by atoms with Crippen molar-refractivity contribution in [2.45, 2.75) is 23.7 Å². The fraction of sp³-hybridized carbons (Fsp3) is 0.286. The van der Waals surface area contributed by atoms with Gasteiger partial charge in [-0.1, -0.05) is 18.2 Å². The molecule has 2 aliphatic rings. The van der Waals surface area contributed by atoms with Crippen molar-refractivity contribution in [2.75, 3.05) is 0 Å². The van der Waals surface area contributed by atoms with Gasteiger partial charge in [0.25, 0.3) is 5.91 Å². The third kappa shape index (κ3) is 2.10. The number of nitrogens with zero attached hydrogens (tertiary/aromatic N) is 1. The summed E-state index contributed by atoms with van der Waals surface area (Å²) >= 11 is 2.27. The van der Waals surface area contributed by atoms with Crippen LogP contribution in [0.4, 0.5) is 0 Å². The van der Waals surface area contributed by atoms with Gasteiger partial charge in [0.1, 0.15) is 0 Å². The van der Waals surface area contributed by atoms with Crippen LogP contribution < -0.4 is 5.32 Å². The number of benzene rings is 1. The molecular weight excluding hydrogens is 287 g/mol. The maximum atomic E-state index is 12.6. The summed E-state index contributed by atoms with van der Waals surface area (Å²) < 4.78 is -1.39. The number of hydrogen-bond acceptors (Lipinski definition) is 4. The molecule has 21 heavy (non-hydrogen) atoms. The number of carbonyl (C=O) groups is 4. The minimum atomic E-state index is -1.39. The zero-order chi connectivity index (χ0) is 15.2. The number of hydrogen-bond donors (Lipinski definition) is 1. The van der Waals surface area contributed by atoms with E-state index in [2.05, 4.69) is 21.6 Å². The van der Waals surface area contributed by atoms with E-state index in [4.69, 9.17) is 0 Å². The first-order valence-corrected chi connectivity index (χ1v) is 7.09. The number of fused-ring (bicyclic) bond motifs is 1. The number of carbonyl (C=O) groups excluding carboxylic acids is 4. The number of rotatable bonds is 1. The molecule has 0 spiro atoms. The lowest BCUT2D eigenvalue weighted by Gasteiger charge is -2.44. The van der Waals surface area contributed by atoms with Crippen LogP contribution in [-0.2, 0) is 20.8 Å². The Kier molecular flexibility index (Phi) is 3.19. The SMILES string of the molecule is O=C1CC[C@@]([Al])(N2C(=O)Cc3ccccc3C2=O)C(=O)N1. The van der Waals surface area contributed by atoms with E-state index in [-0.39, 0.29) is 19.3 Å². The predicted molar refractivity (Wildman–Crippen MR) is 72.2 cm³/mol. The van der Waals surface area contributed by atoms with E-state index in [0.717, 1.165) is 4.90 Å². The molecule has 1 fully saturated rings. The lowest BCUT2D eigenvalue weighted by atomic mass is 9.94. The van der Waals surface area contributed by atoms with Crippen molar-refractivity contribution < 1.29 is 19.2 Å². The molecular formula is C14H11AlN2O4. The summed E-state index contributed by atoms with van der Waals surface area (Å²) in [6.45, 7) is 0. The van der Waals surface area contributed by atoms with Crippen LogP contribution in [0.2, 0.25) is 0 Å². The van der Waals surface area contributed by atoms with Crippen LogP contribution >= 0.6 is 0 Å². The van der Waals surface area contributed by atoms with Gasteiger partial charge in [0, 0.05) is 12.0 Å². The number of nitrogens with one attached hydrogen (secondary N) is 1. The standard InChI is InChI=1S/C14H11N2O4.Al/c17-11-6-5-10(13(19)15-11)16-12(18)7-8-3-1-2-4-9(8)14(16)20;/h1-4H,5-7H2,(H,15,17,19);. The Hall–Kier alpha value is -1.97. The molecule has 3 rings (SSSR count). The monoisotopic (exact) mass is 298 g/mol. The van der Waals surface area contributed by atoms with E-state index in [1.54, 1.807) is 24.3 Å². The molecule has 1 aromatic carbocycles.